The van der Waals surface area contributed by atoms with E-state index in [4.69, 9.17) is 4.74 Å². The molecule has 0 atom stereocenters. The molecule has 26 heavy (non-hydrogen) atoms. The molecular formula is C19H28FN5O. The van der Waals surface area contributed by atoms with Crippen molar-refractivity contribution in [3.8, 4) is 0 Å². The SMILES string of the molecule is CCNC(=NCCN1CCOCC1)NCCc1c[nH]c2ccc(F)cc12. The quantitative estimate of drug-likeness (QED) is 0.519. The second-order valence-corrected chi connectivity index (χ2v) is 6.40. The molecule has 142 valence electrons. The second kappa shape index (κ2) is 9.54. The molecule has 1 aliphatic rings. The second-order valence-electron chi connectivity index (χ2n) is 6.40. The van der Waals surface area contributed by atoms with E-state index >= 15 is 0 Å². The number of rotatable bonds is 7. The number of hydrogen-bond donors (Lipinski definition) is 3. The molecule has 1 fully saturated rings. The van der Waals surface area contributed by atoms with Crippen LogP contribution in [0.15, 0.2) is 29.4 Å². The minimum Gasteiger partial charge on any atom is -0.379 e. The van der Waals surface area contributed by atoms with Gasteiger partial charge in [-0.1, -0.05) is 0 Å². The van der Waals surface area contributed by atoms with Crippen molar-refractivity contribution < 1.29 is 9.13 Å². The van der Waals surface area contributed by atoms with Crippen LogP contribution in [-0.4, -0.2) is 68.3 Å². The maximum Gasteiger partial charge on any atom is 0.191 e. The molecule has 3 rings (SSSR count). The number of H-pyrrole nitrogens is 1. The lowest BCUT2D eigenvalue weighted by Crippen LogP contribution is -2.40. The molecular weight excluding hydrogens is 333 g/mol. The fourth-order valence-electron chi connectivity index (χ4n) is 3.14. The van der Waals surface area contributed by atoms with E-state index in [1.54, 1.807) is 12.1 Å². The summed E-state index contributed by atoms with van der Waals surface area (Å²) in [5, 5.41) is 7.58. The number of fused-ring (bicyclic) bond motifs is 1. The smallest absolute Gasteiger partial charge is 0.191 e. The lowest BCUT2D eigenvalue weighted by atomic mass is 10.1. The highest BCUT2D eigenvalue weighted by molar-refractivity contribution is 5.83. The van der Waals surface area contributed by atoms with Crippen molar-refractivity contribution in [2.45, 2.75) is 13.3 Å². The normalized spacial score (nSPS) is 16.2. The number of aromatic amines is 1. The first-order valence-electron chi connectivity index (χ1n) is 9.34. The first-order valence-corrected chi connectivity index (χ1v) is 9.34. The largest absolute Gasteiger partial charge is 0.379 e. The van der Waals surface area contributed by atoms with E-state index in [2.05, 4.69) is 32.4 Å². The molecule has 3 N–H and O–H groups in total. The molecule has 1 aliphatic heterocycles. The van der Waals surface area contributed by atoms with Crippen molar-refractivity contribution >= 4 is 16.9 Å². The molecule has 7 heteroatoms. The summed E-state index contributed by atoms with van der Waals surface area (Å²) in [6, 6.07) is 4.84. The van der Waals surface area contributed by atoms with Gasteiger partial charge in [0.05, 0.1) is 19.8 Å². The number of guanidine groups is 1. The summed E-state index contributed by atoms with van der Waals surface area (Å²) >= 11 is 0. The van der Waals surface area contributed by atoms with Crippen molar-refractivity contribution in [2.75, 3.05) is 52.5 Å². The van der Waals surface area contributed by atoms with Crippen molar-refractivity contribution in [3.05, 3.63) is 35.8 Å². The maximum absolute atomic E-state index is 13.5. The number of aromatic nitrogens is 1. The van der Waals surface area contributed by atoms with E-state index in [0.717, 1.165) is 81.3 Å². The highest BCUT2D eigenvalue weighted by atomic mass is 19.1. The van der Waals surface area contributed by atoms with Crippen LogP contribution in [0.3, 0.4) is 0 Å². The Balaban J connectivity index is 1.49. The number of nitrogens with zero attached hydrogens (tertiary/aromatic N) is 2. The van der Waals surface area contributed by atoms with Crippen LogP contribution in [-0.2, 0) is 11.2 Å². The Morgan fingerprint density at radius 1 is 1.31 bits per heavy atom. The third-order valence-electron chi connectivity index (χ3n) is 4.55. The number of ether oxygens (including phenoxy) is 1. The zero-order chi connectivity index (χ0) is 18.2. The van der Waals surface area contributed by atoms with Gasteiger partial charge in [-0.15, -0.1) is 0 Å². The molecule has 0 unspecified atom stereocenters. The van der Waals surface area contributed by atoms with Crippen LogP contribution in [0.5, 0.6) is 0 Å². The van der Waals surface area contributed by atoms with Gasteiger partial charge < -0.3 is 20.4 Å². The lowest BCUT2D eigenvalue weighted by molar-refractivity contribution is 0.0394. The Bertz CT molecular complexity index is 724. The number of benzene rings is 1. The summed E-state index contributed by atoms with van der Waals surface area (Å²) in [5.74, 6) is 0.621. The molecule has 0 saturated carbocycles. The Hall–Kier alpha value is -2.12. The van der Waals surface area contributed by atoms with E-state index in [1.165, 1.54) is 6.07 Å². The van der Waals surface area contributed by atoms with Gasteiger partial charge in [-0.05, 0) is 37.1 Å². The van der Waals surface area contributed by atoms with Crippen molar-refractivity contribution in [1.29, 1.82) is 0 Å². The van der Waals surface area contributed by atoms with Crippen molar-refractivity contribution in [2.24, 2.45) is 4.99 Å². The number of hydrogen-bond acceptors (Lipinski definition) is 3. The maximum atomic E-state index is 13.5. The van der Waals surface area contributed by atoms with E-state index in [1.807, 2.05) is 6.20 Å². The summed E-state index contributed by atoms with van der Waals surface area (Å²) in [6.07, 6.45) is 2.76. The van der Waals surface area contributed by atoms with Gasteiger partial charge in [-0.3, -0.25) is 9.89 Å². The number of aliphatic imine (C=N–C) groups is 1. The number of nitrogens with one attached hydrogen (secondary N) is 3. The van der Waals surface area contributed by atoms with Gasteiger partial charge in [0.15, 0.2) is 5.96 Å². The van der Waals surface area contributed by atoms with E-state index in [-0.39, 0.29) is 5.82 Å². The Morgan fingerprint density at radius 3 is 2.96 bits per heavy atom. The Morgan fingerprint density at radius 2 is 2.15 bits per heavy atom. The molecule has 1 aromatic carbocycles. The Labute approximate surface area is 153 Å². The molecule has 0 amide bonds. The van der Waals surface area contributed by atoms with Crippen LogP contribution >= 0.6 is 0 Å². The first kappa shape index (κ1) is 18.7. The van der Waals surface area contributed by atoms with Crippen LogP contribution in [0.4, 0.5) is 4.39 Å². The molecule has 2 heterocycles. The summed E-state index contributed by atoms with van der Waals surface area (Å²) in [6.45, 7) is 8.92. The van der Waals surface area contributed by atoms with E-state index in [0.29, 0.717) is 0 Å². The van der Waals surface area contributed by atoms with E-state index < -0.39 is 0 Å². The molecule has 1 saturated heterocycles. The zero-order valence-corrected chi connectivity index (χ0v) is 15.4. The fraction of sp³-hybridized carbons (Fsp3) is 0.526. The van der Waals surface area contributed by atoms with Gasteiger partial charge in [0, 0.05) is 49.8 Å². The van der Waals surface area contributed by atoms with Gasteiger partial charge in [-0.25, -0.2) is 4.39 Å². The number of halogens is 1. The van der Waals surface area contributed by atoms with Gasteiger partial charge >= 0.3 is 0 Å². The van der Waals surface area contributed by atoms with Gasteiger partial charge in [-0.2, -0.15) is 0 Å². The van der Waals surface area contributed by atoms with Crippen LogP contribution in [0, 0.1) is 5.82 Å². The summed E-state index contributed by atoms with van der Waals surface area (Å²) < 4.78 is 18.8. The average Bonchev–Trinajstić information content (AvgIpc) is 3.05. The monoisotopic (exact) mass is 361 g/mol. The molecule has 2 aromatic rings. The fourth-order valence-corrected chi connectivity index (χ4v) is 3.14. The summed E-state index contributed by atoms with van der Waals surface area (Å²) in [4.78, 5) is 10.2. The van der Waals surface area contributed by atoms with Crippen LogP contribution in [0.1, 0.15) is 12.5 Å². The summed E-state index contributed by atoms with van der Waals surface area (Å²) in [5.41, 5.74) is 2.07. The minimum atomic E-state index is -0.204. The van der Waals surface area contributed by atoms with Crippen molar-refractivity contribution in [1.82, 2.24) is 20.5 Å². The molecule has 0 aliphatic carbocycles. The topological polar surface area (TPSA) is 64.7 Å². The van der Waals surface area contributed by atoms with Gasteiger partial charge in [0.25, 0.3) is 0 Å². The molecule has 6 nitrogen and oxygen atoms in total. The van der Waals surface area contributed by atoms with Gasteiger partial charge in [0.2, 0.25) is 0 Å². The zero-order valence-electron chi connectivity index (χ0n) is 15.4. The molecule has 0 spiro atoms. The average molecular weight is 361 g/mol. The predicted octanol–water partition coefficient (Wildman–Crippen LogP) is 1.74. The lowest BCUT2D eigenvalue weighted by Gasteiger charge is -2.25. The van der Waals surface area contributed by atoms with Crippen LogP contribution < -0.4 is 10.6 Å². The third-order valence-corrected chi connectivity index (χ3v) is 4.55. The van der Waals surface area contributed by atoms with Crippen LogP contribution in [0.25, 0.3) is 10.9 Å². The summed E-state index contributed by atoms with van der Waals surface area (Å²) in [7, 11) is 0. The standard InChI is InChI=1S/C19H28FN5O/c1-2-21-19(23-7-8-25-9-11-26-12-10-25)22-6-5-15-14-24-18-4-3-16(20)13-17(15)18/h3-4,13-14,24H,2,5-12H2,1H3,(H2,21,22,23). The number of morpholine rings is 1. The molecule has 0 bridgehead atoms. The molecule has 0 radical (unpaired) electrons. The highest BCUT2D eigenvalue weighted by Gasteiger charge is 2.09. The van der Waals surface area contributed by atoms with Crippen LogP contribution in [0.2, 0.25) is 0 Å². The molecule has 1 aromatic heterocycles. The van der Waals surface area contributed by atoms with Gasteiger partial charge in [0.1, 0.15) is 5.82 Å². The van der Waals surface area contributed by atoms with E-state index in [9.17, 15) is 4.39 Å². The Kier molecular flexibility index (Phi) is 6.85. The highest BCUT2D eigenvalue weighted by Crippen LogP contribution is 2.19. The third kappa shape index (κ3) is 5.19. The van der Waals surface area contributed by atoms with Crippen molar-refractivity contribution in [3.63, 3.8) is 0 Å². The predicted molar refractivity (Wildman–Crippen MR) is 103 cm³/mol. The first-order chi connectivity index (χ1) is 12.8. The minimum absolute atomic E-state index is 0.204.